The van der Waals surface area contributed by atoms with Crippen molar-refractivity contribution in [2.45, 2.75) is 12.6 Å². The van der Waals surface area contributed by atoms with E-state index in [4.69, 9.17) is 4.74 Å². The lowest BCUT2D eigenvalue weighted by Crippen LogP contribution is -2.44. The fraction of sp³-hybridized carbons (Fsp3) is 0.458. The number of amides is 1. The summed E-state index contributed by atoms with van der Waals surface area (Å²) in [4.78, 5) is 21.6. The van der Waals surface area contributed by atoms with Crippen LogP contribution in [0.15, 0.2) is 48.5 Å². The Balaban J connectivity index is 1.44. The first-order valence-electron chi connectivity index (χ1n) is 10.7. The summed E-state index contributed by atoms with van der Waals surface area (Å²) in [5.74, 6) is 1.05. The van der Waals surface area contributed by atoms with Gasteiger partial charge in [-0.25, -0.2) is 0 Å². The molecule has 2 fully saturated rings. The standard InChI is InChI=1S/C24H32N4O2/c1-25-14-16-27(17-15-25)21-8-6-20(7-9-21)24-26(2)18-23(29)28(24)13-12-19-4-10-22(30-3)11-5-19/h4-11,24H,12-18H2,1-3H3. The van der Waals surface area contributed by atoms with Crippen LogP contribution in [0.25, 0.3) is 0 Å². The van der Waals surface area contributed by atoms with Crippen molar-refractivity contribution in [3.05, 3.63) is 59.7 Å². The van der Waals surface area contributed by atoms with Crippen LogP contribution in [0.2, 0.25) is 0 Å². The molecule has 2 aromatic carbocycles. The van der Waals surface area contributed by atoms with E-state index in [1.54, 1.807) is 7.11 Å². The van der Waals surface area contributed by atoms with Crippen LogP contribution in [-0.2, 0) is 11.2 Å². The molecular formula is C24H32N4O2. The van der Waals surface area contributed by atoms with Crippen LogP contribution < -0.4 is 9.64 Å². The highest BCUT2D eigenvalue weighted by Gasteiger charge is 2.36. The average Bonchev–Trinajstić information content (AvgIpc) is 3.06. The molecule has 0 radical (unpaired) electrons. The highest BCUT2D eigenvalue weighted by atomic mass is 16.5. The Bertz CT molecular complexity index is 845. The number of ether oxygens (including phenoxy) is 1. The van der Waals surface area contributed by atoms with Crippen molar-refractivity contribution in [3.8, 4) is 5.75 Å². The van der Waals surface area contributed by atoms with E-state index in [1.165, 1.54) is 16.8 Å². The molecule has 0 spiro atoms. The molecule has 2 aliphatic heterocycles. The molecule has 0 saturated carbocycles. The summed E-state index contributed by atoms with van der Waals surface area (Å²) in [5.41, 5.74) is 3.65. The summed E-state index contributed by atoms with van der Waals surface area (Å²) in [6, 6.07) is 16.9. The first kappa shape index (κ1) is 20.7. The van der Waals surface area contributed by atoms with Gasteiger partial charge < -0.3 is 19.4 Å². The van der Waals surface area contributed by atoms with Crippen molar-refractivity contribution < 1.29 is 9.53 Å². The highest BCUT2D eigenvalue weighted by molar-refractivity contribution is 5.81. The number of hydrogen-bond donors (Lipinski definition) is 0. The zero-order chi connectivity index (χ0) is 21.1. The van der Waals surface area contributed by atoms with Gasteiger partial charge in [0.1, 0.15) is 11.9 Å². The minimum Gasteiger partial charge on any atom is -0.497 e. The van der Waals surface area contributed by atoms with Crippen LogP contribution in [0.4, 0.5) is 5.69 Å². The summed E-state index contributed by atoms with van der Waals surface area (Å²) < 4.78 is 5.23. The van der Waals surface area contributed by atoms with Gasteiger partial charge in [-0.1, -0.05) is 24.3 Å². The van der Waals surface area contributed by atoms with E-state index in [1.807, 2.05) is 24.1 Å². The summed E-state index contributed by atoms with van der Waals surface area (Å²) in [7, 11) is 5.88. The lowest BCUT2D eigenvalue weighted by molar-refractivity contribution is -0.128. The zero-order valence-electron chi connectivity index (χ0n) is 18.3. The SMILES string of the molecule is COc1ccc(CCN2C(=O)CN(C)C2c2ccc(N3CCN(C)CC3)cc2)cc1. The van der Waals surface area contributed by atoms with Crippen LogP contribution in [0, 0.1) is 0 Å². The van der Waals surface area contributed by atoms with Crippen molar-refractivity contribution >= 4 is 11.6 Å². The molecule has 30 heavy (non-hydrogen) atoms. The molecule has 0 aromatic heterocycles. The smallest absolute Gasteiger partial charge is 0.238 e. The van der Waals surface area contributed by atoms with E-state index < -0.39 is 0 Å². The molecule has 4 rings (SSSR count). The Kier molecular flexibility index (Phi) is 6.25. The average molecular weight is 409 g/mol. The van der Waals surface area contributed by atoms with Crippen molar-refractivity contribution in [2.75, 3.05) is 65.4 Å². The third-order valence-corrected chi connectivity index (χ3v) is 6.28. The maximum absolute atomic E-state index is 12.7. The van der Waals surface area contributed by atoms with E-state index in [-0.39, 0.29) is 12.1 Å². The van der Waals surface area contributed by atoms with Gasteiger partial charge in [0.05, 0.1) is 13.7 Å². The highest BCUT2D eigenvalue weighted by Crippen LogP contribution is 2.31. The monoisotopic (exact) mass is 408 g/mol. The molecular weight excluding hydrogens is 376 g/mol. The first-order valence-corrected chi connectivity index (χ1v) is 10.7. The summed E-state index contributed by atoms with van der Waals surface area (Å²) in [5, 5.41) is 0. The minimum absolute atomic E-state index is 0.00251. The van der Waals surface area contributed by atoms with Gasteiger partial charge >= 0.3 is 0 Å². The van der Waals surface area contributed by atoms with Gasteiger partial charge in [0.25, 0.3) is 0 Å². The van der Waals surface area contributed by atoms with Gasteiger partial charge in [0.15, 0.2) is 0 Å². The van der Waals surface area contributed by atoms with E-state index in [2.05, 4.69) is 58.1 Å². The Morgan fingerprint density at radius 3 is 2.23 bits per heavy atom. The number of carbonyl (C=O) groups is 1. The van der Waals surface area contributed by atoms with Crippen molar-refractivity contribution in [3.63, 3.8) is 0 Å². The molecule has 6 heteroatoms. The second-order valence-electron chi connectivity index (χ2n) is 8.36. The molecule has 0 aliphatic carbocycles. The summed E-state index contributed by atoms with van der Waals surface area (Å²) >= 11 is 0. The van der Waals surface area contributed by atoms with Gasteiger partial charge in [-0.2, -0.15) is 0 Å². The molecule has 1 atom stereocenters. The Labute approximate surface area is 179 Å². The molecule has 2 heterocycles. The maximum Gasteiger partial charge on any atom is 0.238 e. The lowest BCUT2D eigenvalue weighted by atomic mass is 10.1. The Morgan fingerprint density at radius 1 is 0.933 bits per heavy atom. The number of hydrogen-bond acceptors (Lipinski definition) is 5. The summed E-state index contributed by atoms with van der Waals surface area (Å²) in [6.07, 6.45) is 0.830. The van der Waals surface area contributed by atoms with Gasteiger partial charge in [0.2, 0.25) is 5.91 Å². The largest absolute Gasteiger partial charge is 0.497 e. The molecule has 1 amide bonds. The fourth-order valence-corrected chi connectivity index (χ4v) is 4.41. The third-order valence-electron chi connectivity index (χ3n) is 6.28. The van der Waals surface area contributed by atoms with Crippen LogP contribution in [0.3, 0.4) is 0 Å². The second kappa shape index (κ2) is 9.06. The Morgan fingerprint density at radius 2 is 1.60 bits per heavy atom. The van der Waals surface area contributed by atoms with Crippen molar-refractivity contribution in [1.29, 1.82) is 0 Å². The van der Waals surface area contributed by atoms with E-state index in [0.717, 1.165) is 38.3 Å². The number of rotatable bonds is 6. The number of piperazine rings is 1. The van der Waals surface area contributed by atoms with Crippen LogP contribution >= 0.6 is 0 Å². The van der Waals surface area contributed by atoms with Gasteiger partial charge in [-0.3, -0.25) is 9.69 Å². The van der Waals surface area contributed by atoms with Crippen molar-refractivity contribution in [1.82, 2.24) is 14.7 Å². The molecule has 6 nitrogen and oxygen atoms in total. The molecule has 2 aliphatic rings. The normalized spacial score (nSPS) is 20.8. The molecule has 160 valence electrons. The van der Waals surface area contributed by atoms with Gasteiger partial charge in [0, 0.05) is 38.4 Å². The van der Waals surface area contributed by atoms with Crippen molar-refractivity contribution in [2.24, 2.45) is 0 Å². The van der Waals surface area contributed by atoms with E-state index in [9.17, 15) is 4.79 Å². The van der Waals surface area contributed by atoms with Crippen LogP contribution in [0.1, 0.15) is 17.3 Å². The number of benzene rings is 2. The first-order chi connectivity index (χ1) is 14.5. The van der Waals surface area contributed by atoms with E-state index >= 15 is 0 Å². The topological polar surface area (TPSA) is 39.3 Å². The number of carbonyl (C=O) groups excluding carboxylic acids is 1. The third kappa shape index (κ3) is 4.45. The lowest BCUT2D eigenvalue weighted by Gasteiger charge is -2.34. The predicted molar refractivity (Wildman–Crippen MR) is 120 cm³/mol. The number of anilines is 1. The second-order valence-corrected chi connectivity index (χ2v) is 8.36. The van der Waals surface area contributed by atoms with Crippen LogP contribution in [0.5, 0.6) is 5.75 Å². The van der Waals surface area contributed by atoms with Gasteiger partial charge in [-0.15, -0.1) is 0 Å². The number of likely N-dealkylation sites (N-methyl/N-ethyl adjacent to an activating group) is 2. The predicted octanol–water partition coefficient (Wildman–Crippen LogP) is 2.46. The van der Waals surface area contributed by atoms with Gasteiger partial charge in [-0.05, 0) is 55.9 Å². The fourth-order valence-electron chi connectivity index (χ4n) is 4.41. The van der Waals surface area contributed by atoms with E-state index in [0.29, 0.717) is 13.1 Å². The number of methoxy groups -OCH3 is 1. The number of nitrogens with zero attached hydrogens (tertiary/aromatic N) is 4. The molecule has 0 bridgehead atoms. The van der Waals surface area contributed by atoms with Crippen LogP contribution in [-0.4, -0.2) is 81.1 Å². The molecule has 2 aromatic rings. The summed E-state index contributed by atoms with van der Waals surface area (Å²) in [6.45, 7) is 5.49. The maximum atomic E-state index is 12.7. The zero-order valence-corrected chi connectivity index (χ0v) is 18.3. The molecule has 1 unspecified atom stereocenters. The Hall–Kier alpha value is -2.57. The molecule has 2 saturated heterocycles. The minimum atomic E-state index is -0.00251. The molecule has 0 N–H and O–H groups in total. The quantitative estimate of drug-likeness (QED) is 0.734.